The molecule has 0 aliphatic carbocycles. The van der Waals surface area contributed by atoms with Crippen LogP contribution >= 0.6 is 0 Å². The fourth-order valence-electron chi connectivity index (χ4n) is 8.53. The van der Waals surface area contributed by atoms with E-state index in [4.69, 9.17) is 10.5 Å². The summed E-state index contributed by atoms with van der Waals surface area (Å²) in [7, 11) is 1.37. The standard InChI is InChI=1S/C50H72N8O12/c1-27(2)23-36-44(63)53-35-20-21-40(61)58(47(35)66)38(25-31-13-10-9-11-14-31)48(67)57(8)37(24-32-16-18-34(59)19-17-32)45(64)55-41(29(5)6)49(68)70-30(7)42(46(65)54-36)56-43(62)33(26-39(60)28(3)4)15-12-22-52-50(51)69/h9-11,13-14,16-19,27-30,33,35-38,40-42,59,61H,12,15,20-26H2,1-8H3,(H,53,63)(H,54,65)(H,55,64)(H,56,62)(H3,51,52,69)/t30-,33+,35?,36-,37-,38-,40-,41-,42?/m0/s1. The van der Waals surface area contributed by atoms with Gasteiger partial charge in [-0.05, 0) is 74.1 Å². The molecule has 8 amide bonds. The topological polar surface area (TPSA) is 296 Å². The SMILES string of the molecule is CC(C)C[C@@H]1NC(=O)C(NC(=O)[C@H](CCCNC(N)=O)CC(=O)C(C)C)[C@H](C)OC(=O)[C@H](C(C)C)NC(=O)[C@H](Cc2ccc(O)cc2)N(C)C(=O)[C@H](Cc2ccccc2)N2C(=O)C(CC[C@@H]2O)NC1=O. The number of Topliss-reactive ketones (excluding diaryl/α,β-unsaturated/α-hetero) is 1. The number of aliphatic hydroxyl groups is 1. The number of amides is 8. The Balaban J connectivity index is 1.86. The molecule has 2 aromatic carbocycles. The minimum Gasteiger partial charge on any atom is -0.508 e. The van der Waals surface area contributed by atoms with Crippen molar-refractivity contribution in [2.45, 2.75) is 148 Å². The Morgan fingerprint density at radius 3 is 2.04 bits per heavy atom. The number of esters is 1. The van der Waals surface area contributed by atoms with Crippen LogP contribution < -0.4 is 32.3 Å². The van der Waals surface area contributed by atoms with Crippen LogP contribution in [0.15, 0.2) is 54.6 Å². The second kappa shape index (κ2) is 25.9. The van der Waals surface area contributed by atoms with Crippen LogP contribution in [0.3, 0.4) is 0 Å². The molecule has 20 nitrogen and oxygen atoms in total. The van der Waals surface area contributed by atoms with Crippen molar-refractivity contribution in [1.82, 2.24) is 36.4 Å². The molecule has 2 aliphatic rings. The summed E-state index contributed by atoms with van der Waals surface area (Å²) in [5.74, 6) is -8.43. The summed E-state index contributed by atoms with van der Waals surface area (Å²) in [5, 5.41) is 34.9. The van der Waals surface area contributed by atoms with Gasteiger partial charge < -0.3 is 57.1 Å². The summed E-state index contributed by atoms with van der Waals surface area (Å²) in [6.07, 6.45) is -3.15. The van der Waals surface area contributed by atoms with Crippen molar-refractivity contribution in [1.29, 1.82) is 0 Å². The van der Waals surface area contributed by atoms with Crippen molar-refractivity contribution in [2.24, 2.45) is 29.4 Å². The molecule has 0 aromatic heterocycles. The van der Waals surface area contributed by atoms with Crippen LogP contribution in [0.2, 0.25) is 0 Å². The lowest BCUT2D eigenvalue weighted by atomic mass is 9.91. The zero-order chi connectivity index (χ0) is 52.0. The van der Waals surface area contributed by atoms with Crippen molar-refractivity contribution in [3.8, 4) is 5.75 Å². The molecule has 2 fully saturated rings. The Morgan fingerprint density at radius 1 is 0.814 bits per heavy atom. The third-order valence-corrected chi connectivity index (χ3v) is 12.7. The Bertz CT molecular complexity index is 2170. The van der Waals surface area contributed by atoms with Crippen LogP contribution in [0.25, 0.3) is 0 Å². The molecule has 2 bridgehead atoms. The third kappa shape index (κ3) is 15.7. The smallest absolute Gasteiger partial charge is 0.329 e. The summed E-state index contributed by atoms with van der Waals surface area (Å²) in [5.41, 5.74) is 6.36. The van der Waals surface area contributed by atoms with E-state index < -0.39 is 114 Å². The number of cyclic esters (lactones) is 1. The number of primary amides is 1. The zero-order valence-electron chi connectivity index (χ0n) is 41.4. The van der Waals surface area contributed by atoms with Crippen molar-refractivity contribution in [3.05, 3.63) is 65.7 Å². The highest BCUT2D eigenvalue weighted by atomic mass is 16.5. The fourth-order valence-corrected chi connectivity index (χ4v) is 8.53. The first-order valence-corrected chi connectivity index (χ1v) is 24.1. The van der Waals surface area contributed by atoms with Gasteiger partial charge in [0.05, 0.1) is 0 Å². The number of nitrogens with zero attached hydrogens (tertiary/aromatic N) is 2. The van der Waals surface area contributed by atoms with Crippen molar-refractivity contribution < 1.29 is 58.1 Å². The molecule has 20 heteroatoms. The molecular weight excluding hydrogens is 905 g/mol. The van der Waals surface area contributed by atoms with Gasteiger partial charge in [0, 0.05) is 44.7 Å². The molecule has 9 N–H and O–H groups in total. The Labute approximate surface area is 409 Å². The Morgan fingerprint density at radius 2 is 1.44 bits per heavy atom. The number of fused-ring (bicyclic) bond motifs is 2. The van der Waals surface area contributed by atoms with Gasteiger partial charge in [0.2, 0.25) is 35.4 Å². The number of nitrogens with two attached hydrogens (primary N) is 1. The summed E-state index contributed by atoms with van der Waals surface area (Å²) >= 11 is 0. The average molecular weight is 977 g/mol. The van der Waals surface area contributed by atoms with Crippen LogP contribution in [0, 0.1) is 23.7 Å². The molecule has 9 atom stereocenters. The van der Waals surface area contributed by atoms with Crippen LogP contribution in [-0.4, -0.2) is 135 Å². The van der Waals surface area contributed by atoms with Crippen molar-refractivity contribution in [3.63, 3.8) is 0 Å². The molecule has 2 aliphatic heterocycles. The first kappa shape index (κ1) is 56.0. The summed E-state index contributed by atoms with van der Waals surface area (Å²) in [6, 6.07) is 5.46. The van der Waals surface area contributed by atoms with Gasteiger partial charge in [-0.1, -0.05) is 84.0 Å². The number of nitrogens with one attached hydrogen (secondary N) is 5. The maximum Gasteiger partial charge on any atom is 0.329 e. The number of likely N-dealkylation sites (N-methyl/N-ethyl adjacent to an activating group) is 1. The first-order chi connectivity index (χ1) is 33.0. The lowest BCUT2D eigenvalue weighted by Gasteiger charge is -2.43. The number of hydrogen-bond donors (Lipinski definition) is 8. The van der Waals surface area contributed by atoms with Crippen LogP contribution in [0.1, 0.15) is 98.1 Å². The monoisotopic (exact) mass is 977 g/mol. The number of hydrogen-bond acceptors (Lipinski definition) is 12. The number of carbonyl (C=O) groups excluding carboxylic acids is 9. The predicted molar refractivity (Wildman–Crippen MR) is 257 cm³/mol. The number of carbonyl (C=O) groups is 9. The summed E-state index contributed by atoms with van der Waals surface area (Å²) < 4.78 is 5.92. The highest BCUT2D eigenvalue weighted by Gasteiger charge is 2.46. The largest absolute Gasteiger partial charge is 0.508 e. The lowest BCUT2D eigenvalue weighted by molar-refractivity contribution is -0.165. The molecule has 2 heterocycles. The number of benzene rings is 2. The number of phenols is 1. The highest BCUT2D eigenvalue weighted by molar-refractivity contribution is 5.98. The number of phenolic OH excluding ortho intramolecular Hbond substituents is 1. The quantitative estimate of drug-likeness (QED) is 0.0879. The van der Waals surface area contributed by atoms with Crippen LogP contribution in [-0.2, 0) is 55.9 Å². The molecule has 0 spiro atoms. The number of rotatable bonds is 16. The normalized spacial score (nSPS) is 24.7. The van der Waals surface area contributed by atoms with E-state index in [1.54, 1.807) is 84.0 Å². The molecule has 4 rings (SSSR count). The maximum atomic E-state index is 15.0. The minimum absolute atomic E-state index is 0.0355. The Hall–Kier alpha value is -6.57. The van der Waals surface area contributed by atoms with Crippen LogP contribution in [0.5, 0.6) is 5.75 Å². The number of urea groups is 1. The molecule has 70 heavy (non-hydrogen) atoms. The predicted octanol–water partition coefficient (Wildman–Crippen LogP) is 1.58. The third-order valence-electron chi connectivity index (χ3n) is 12.7. The number of ketones is 1. The number of aliphatic hydroxyl groups excluding tert-OH is 1. The van der Waals surface area contributed by atoms with Gasteiger partial charge >= 0.3 is 12.0 Å². The molecule has 2 unspecified atom stereocenters. The van der Waals surface area contributed by atoms with E-state index in [2.05, 4.69) is 26.6 Å². The second-order valence-electron chi connectivity index (χ2n) is 19.4. The average Bonchev–Trinajstić information content (AvgIpc) is 3.29. The van der Waals surface area contributed by atoms with Gasteiger partial charge in [-0.25, -0.2) is 9.59 Å². The van der Waals surface area contributed by atoms with Gasteiger partial charge in [-0.3, -0.25) is 33.6 Å². The zero-order valence-corrected chi connectivity index (χ0v) is 41.4. The van der Waals surface area contributed by atoms with Gasteiger partial charge in [0.25, 0.3) is 0 Å². The summed E-state index contributed by atoms with van der Waals surface area (Å²) in [4.78, 5) is 128. The number of piperidine rings is 1. The van der Waals surface area contributed by atoms with E-state index in [1.807, 2.05) is 0 Å². The van der Waals surface area contributed by atoms with E-state index in [0.29, 0.717) is 11.1 Å². The van der Waals surface area contributed by atoms with E-state index in [9.17, 15) is 48.6 Å². The van der Waals surface area contributed by atoms with Gasteiger partial charge in [-0.15, -0.1) is 0 Å². The number of aromatic hydroxyl groups is 1. The molecule has 0 saturated carbocycles. The van der Waals surface area contributed by atoms with E-state index in [1.165, 1.54) is 26.1 Å². The fraction of sp³-hybridized carbons (Fsp3) is 0.580. The highest BCUT2D eigenvalue weighted by Crippen LogP contribution is 2.26. The summed E-state index contributed by atoms with van der Waals surface area (Å²) in [6.45, 7) is 11.7. The van der Waals surface area contributed by atoms with Gasteiger partial charge in [0.15, 0.2) is 0 Å². The van der Waals surface area contributed by atoms with E-state index in [-0.39, 0.29) is 75.4 Å². The first-order valence-electron chi connectivity index (χ1n) is 24.1. The molecule has 2 aromatic rings. The van der Waals surface area contributed by atoms with Crippen molar-refractivity contribution >= 4 is 53.2 Å². The molecular formula is C50H72N8O12. The van der Waals surface area contributed by atoms with Crippen LogP contribution in [0.4, 0.5) is 4.79 Å². The minimum atomic E-state index is -1.68. The Kier molecular flexibility index (Phi) is 20.7. The maximum absolute atomic E-state index is 15.0. The van der Waals surface area contributed by atoms with Gasteiger partial charge in [0.1, 0.15) is 60.1 Å². The second-order valence-corrected chi connectivity index (χ2v) is 19.4. The molecule has 384 valence electrons. The number of ether oxygens (including phenoxy) is 1. The molecule has 0 radical (unpaired) electrons. The molecule has 2 saturated heterocycles. The van der Waals surface area contributed by atoms with E-state index >= 15 is 4.79 Å². The lowest BCUT2D eigenvalue weighted by Crippen LogP contribution is -2.65. The van der Waals surface area contributed by atoms with E-state index in [0.717, 1.165) is 9.80 Å². The van der Waals surface area contributed by atoms with Crippen molar-refractivity contribution in [2.75, 3.05) is 13.6 Å². The van der Waals surface area contributed by atoms with Gasteiger partial charge in [-0.2, -0.15) is 0 Å².